The molecule has 6 fully saturated rings. The summed E-state index contributed by atoms with van der Waals surface area (Å²) in [6.45, 7) is 8.42. The summed E-state index contributed by atoms with van der Waals surface area (Å²) >= 11 is 0. The number of rotatable bonds is 39. The van der Waals surface area contributed by atoms with E-state index >= 15 is 0 Å². The SMILES string of the molecule is c1cc2nc(-c3cc(OCCCCC4CO4)c(OCCCCC4CO4)c(OCCCCC4CO4)c3)oc2cc1-c1ccc2nc(-c3cc(OCCCCC4CO4)c(OCCCCC4CO4)c(OCCCCC4CO4)c3)oc2c1. The highest BCUT2D eigenvalue weighted by molar-refractivity contribution is 5.87. The Morgan fingerprint density at radius 2 is 0.590 bits per heavy atom. The summed E-state index contributed by atoms with van der Waals surface area (Å²) < 4.78 is 85.2. The van der Waals surface area contributed by atoms with Crippen molar-refractivity contribution in [2.24, 2.45) is 0 Å². The van der Waals surface area contributed by atoms with Crippen LogP contribution in [-0.4, -0.2) is 126 Å². The topological polar surface area (TPSA) is 183 Å². The Labute approximate surface area is 456 Å². The molecule has 16 nitrogen and oxygen atoms in total. The molecule has 418 valence electrons. The molecule has 0 N–H and O–H groups in total. The zero-order valence-electron chi connectivity index (χ0n) is 45.1. The van der Waals surface area contributed by atoms with E-state index in [-0.39, 0.29) is 0 Å². The molecule has 0 saturated carbocycles. The van der Waals surface area contributed by atoms with Crippen molar-refractivity contribution in [3.63, 3.8) is 0 Å². The van der Waals surface area contributed by atoms with Crippen molar-refractivity contribution in [2.45, 2.75) is 152 Å². The number of nitrogens with zero attached hydrogens (tertiary/aromatic N) is 2. The number of epoxide rings is 6. The zero-order chi connectivity index (χ0) is 52.3. The molecule has 0 radical (unpaired) electrons. The quantitative estimate of drug-likeness (QED) is 0.0262. The molecule has 0 bridgehead atoms. The summed E-state index contributed by atoms with van der Waals surface area (Å²) in [5, 5.41) is 0. The molecular formula is C62H76N2O14. The lowest BCUT2D eigenvalue weighted by Gasteiger charge is -2.18. The number of oxazole rings is 2. The van der Waals surface area contributed by atoms with Crippen molar-refractivity contribution >= 4 is 22.2 Å². The van der Waals surface area contributed by atoms with Gasteiger partial charge in [0.2, 0.25) is 23.3 Å². The third kappa shape index (κ3) is 15.8. The molecule has 6 unspecified atom stereocenters. The third-order valence-electron chi connectivity index (χ3n) is 15.1. The maximum atomic E-state index is 6.61. The van der Waals surface area contributed by atoms with Gasteiger partial charge in [0.25, 0.3) is 0 Å². The summed E-state index contributed by atoms with van der Waals surface area (Å²) in [7, 11) is 0. The fourth-order valence-electron chi connectivity index (χ4n) is 9.90. The Balaban J connectivity index is 0.784. The molecule has 4 aromatic carbocycles. The van der Waals surface area contributed by atoms with Crippen LogP contribution in [-0.2, 0) is 28.4 Å². The second-order valence-electron chi connectivity index (χ2n) is 21.8. The second-order valence-corrected chi connectivity index (χ2v) is 21.8. The first-order valence-electron chi connectivity index (χ1n) is 29.2. The standard InChI is InChI=1S/C62H76N2O14/c1(13-45-35-71-45)7-23-65-55-31-43(32-56(66-24-8-2-14-46-36-72-46)59(55)69-27-11-5-17-49-39-75-49)61-63-51-21-19-41(29-53(51)77-61)42-20-22-52-54(30-42)78-62(64-52)44-33-57(67-25-9-3-15-47-37-73-47)60(70-28-12-6-18-50-40-76-50)58(34-44)68-26-10-4-16-48-38-74-48/h19-22,29-34,45-50H,1-18,23-28,35-40H2. The highest BCUT2D eigenvalue weighted by Gasteiger charge is 2.27. The van der Waals surface area contributed by atoms with Gasteiger partial charge >= 0.3 is 0 Å². The van der Waals surface area contributed by atoms with E-state index in [9.17, 15) is 0 Å². The van der Waals surface area contributed by atoms with Gasteiger partial charge in [0.1, 0.15) is 11.0 Å². The predicted octanol–water partition coefficient (Wildman–Crippen LogP) is 12.7. The minimum absolute atomic E-state index is 0.393. The first-order valence-corrected chi connectivity index (χ1v) is 29.2. The van der Waals surface area contributed by atoms with E-state index in [0.29, 0.717) is 134 Å². The first kappa shape index (κ1) is 53.0. The molecular weight excluding hydrogens is 997 g/mol. The molecule has 6 atom stereocenters. The molecule has 78 heavy (non-hydrogen) atoms. The maximum Gasteiger partial charge on any atom is 0.227 e. The summed E-state index contributed by atoms with van der Waals surface area (Å²) in [6.07, 6.45) is 20.2. The van der Waals surface area contributed by atoms with Crippen LogP contribution < -0.4 is 28.4 Å². The van der Waals surface area contributed by atoms with Crippen LogP contribution in [0.15, 0.2) is 69.5 Å². The van der Waals surface area contributed by atoms with Crippen LogP contribution in [0, 0.1) is 0 Å². The number of ether oxygens (including phenoxy) is 12. The molecule has 2 aromatic heterocycles. The van der Waals surface area contributed by atoms with Gasteiger partial charge in [0.05, 0.1) is 116 Å². The summed E-state index contributed by atoms with van der Waals surface area (Å²) in [6, 6.07) is 20.1. The van der Waals surface area contributed by atoms with Crippen molar-refractivity contribution in [1.82, 2.24) is 9.97 Å². The lowest BCUT2D eigenvalue weighted by atomic mass is 10.1. The number of hydrogen-bond acceptors (Lipinski definition) is 16. The fourth-order valence-corrected chi connectivity index (χ4v) is 9.90. The van der Waals surface area contributed by atoms with E-state index in [1.165, 1.54) is 0 Å². The average molecular weight is 1070 g/mol. The summed E-state index contributed by atoms with van der Waals surface area (Å²) in [5.41, 5.74) is 6.15. The number of aromatic nitrogens is 2. The van der Waals surface area contributed by atoms with Crippen molar-refractivity contribution in [3.05, 3.63) is 60.7 Å². The molecule has 0 aliphatic carbocycles. The van der Waals surface area contributed by atoms with Crippen LogP contribution in [0.2, 0.25) is 0 Å². The lowest BCUT2D eigenvalue weighted by Crippen LogP contribution is -2.07. The largest absolute Gasteiger partial charge is 0.490 e. The number of benzene rings is 4. The predicted molar refractivity (Wildman–Crippen MR) is 292 cm³/mol. The van der Waals surface area contributed by atoms with Gasteiger partial charge in [-0.25, -0.2) is 9.97 Å². The molecule has 16 heteroatoms. The average Bonchev–Trinajstić information content (AvgIpc) is 4.25. The van der Waals surface area contributed by atoms with Crippen LogP contribution in [0.4, 0.5) is 0 Å². The molecule has 0 spiro atoms. The van der Waals surface area contributed by atoms with E-state index in [1.54, 1.807) is 0 Å². The third-order valence-corrected chi connectivity index (χ3v) is 15.1. The number of hydrogen-bond donors (Lipinski definition) is 0. The van der Waals surface area contributed by atoms with E-state index in [1.807, 2.05) is 48.5 Å². The van der Waals surface area contributed by atoms with E-state index in [2.05, 4.69) is 12.1 Å². The van der Waals surface area contributed by atoms with Crippen molar-refractivity contribution in [2.75, 3.05) is 79.3 Å². The smallest absolute Gasteiger partial charge is 0.227 e. The zero-order valence-corrected chi connectivity index (χ0v) is 45.1. The Hall–Kier alpha value is -5.62. The Bertz CT molecular complexity index is 2600. The maximum absolute atomic E-state index is 6.61. The van der Waals surface area contributed by atoms with Gasteiger partial charge in [-0.05, 0) is 175 Å². The summed E-state index contributed by atoms with van der Waals surface area (Å²) in [5.74, 6) is 4.66. The number of unbranched alkanes of at least 4 members (excludes halogenated alkanes) is 6. The monoisotopic (exact) mass is 1070 g/mol. The van der Waals surface area contributed by atoms with Crippen molar-refractivity contribution in [3.8, 4) is 68.5 Å². The van der Waals surface area contributed by atoms with Gasteiger partial charge < -0.3 is 65.7 Å². The Morgan fingerprint density at radius 3 is 0.859 bits per heavy atom. The highest BCUT2D eigenvalue weighted by Crippen LogP contribution is 2.45. The molecule has 6 aromatic rings. The molecule has 6 saturated heterocycles. The molecule has 6 aliphatic rings. The van der Waals surface area contributed by atoms with Gasteiger partial charge in [0.15, 0.2) is 34.2 Å². The van der Waals surface area contributed by atoms with Crippen molar-refractivity contribution < 1.29 is 65.7 Å². The van der Waals surface area contributed by atoms with Gasteiger partial charge in [-0.1, -0.05) is 12.1 Å². The second kappa shape index (κ2) is 26.1. The Morgan fingerprint density at radius 1 is 0.321 bits per heavy atom. The van der Waals surface area contributed by atoms with E-state index < -0.39 is 0 Å². The van der Waals surface area contributed by atoms with E-state index in [0.717, 1.165) is 189 Å². The van der Waals surface area contributed by atoms with Gasteiger partial charge in [-0.3, -0.25) is 0 Å². The van der Waals surface area contributed by atoms with Crippen LogP contribution in [0.25, 0.3) is 56.2 Å². The van der Waals surface area contributed by atoms with Crippen molar-refractivity contribution in [1.29, 1.82) is 0 Å². The molecule has 12 rings (SSSR count). The molecule has 6 aliphatic heterocycles. The molecule has 0 amide bonds. The van der Waals surface area contributed by atoms with Gasteiger partial charge in [-0.15, -0.1) is 0 Å². The normalized spacial score (nSPS) is 21.4. The first-order chi connectivity index (χ1) is 38.6. The molecule has 8 heterocycles. The Kier molecular flexibility index (Phi) is 17.8. The minimum atomic E-state index is 0.393. The summed E-state index contributed by atoms with van der Waals surface area (Å²) in [4.78, 5) is 9.99. The van der Waals surface area contributed by atoms with E-state index in [4.69, 9.17) is 75.6 Å². The van der Waals surface area contributed by atoms with Gasteiger partial charge in [0, 0.05) is 11.1 Å². The minimum Gasteiger partial charge on any atom is -0.490 e. The van der Waals surface area contributed by atoms with Crippen LogP contribution in [0.3, 0.4) is 0 Å². The fraction of sp³-hybridized carbons (Fsp3) is 0.581. The lowest BCUT2D eigenvalue weighted by molar-refractivity contribution is 0.232. The van der Waals surface area contributed by atoms with Crippen LogP contribution in [0.1, 0.15) is 116 Å². The van der Waals surface area contributed by atoms with Gasteiger partial charge in [-0.2, -0.15) is 0 Å². The van der Waals surface area contributed by atoms with Crippen LogP contribution >= 0.6 is 0 Å². The van der Waals surface area contributed by atoms with Crippen LogP contribution in [0.5, 0.6) is 34.5 Å². The highest BCUT2D eigenvalue weighted by atomic mass is 16.6. The number of fused-ring (bicyclic) bond motifs is 2.